The highest BCUT2D eigenvalue weighted by Crippen LogP contribution is 2.23. The van der Waals surface area contributed by atoms with E-state index in [0.717, 1.165) is 5.57 Å². The summed E-state index contributed by atoms with van der Waals surface area (Å²) < 4.78 is 9.96. The SMILES string of the molecule is CCOC(=O)CC1C=CC=CC1=CNc1cccc(C(=O)OCC)n1. The van der Waals surface area contributed by atoms with Gasteiger partial charge in [0.15, 0.2) is 5.69 Å². The van der Waals surface area contributed by atoms with Gasteiger partial charge in [0.1, 0.15) is 5.82 Å². The Labute approximate surface area is 147 Å². The molecule has 1 aliphatic rings. The van der Waals surface area contributed by atoms with E-state index in [9.17, 15) is 9.59 Å². The van der Waals surface area contributed by atoms with E-state index in [1.807, 2.05) is 24.3 Å². The van der Waals surface area contributed by atoms with E-state index in [4.69, 9.17) is 9.47 Å². The Hall–Kier alpha value is -2.89. The summed E-state index contributed by atoms with van der Waals surface area (Å²) in [4.78, 5) is 27.7. The smallest absolute Gasteiger partial charge is 0.356 e. The molecule has 1 atom stereocenters. The van der Waals surface area contributed by atoms with Crippen LogP contribution < -0.4 is 5.32 Å². The second-order valence-corrected chi connectivity index (χ2v) is 5.28. The highest BCUT2D eigenvalue weighted by Gasteiger charge is 2.17. The van der Waals surface area contributed by atoms with Crippen molar-refractivity contribution in [1.82, 2.24) is 4.98 Å². The lowest BCUT2D eigenvalue weighted by molar-refractivity contribution is -0.143. The highest BCUT2D eigenvalue weighted by molar-refractivity contribution is 5.87. The Kier molecular flexibility index (Phi) is 6.95. The molecule has 6 nitrogen and oxygen atoms in total. The second-order valence-electron chi connectivity index (χ2n) is 5.28. The quantitative estimate of drug-likeness (QED) is 0.767. The van der Waals surface area contributed by atoms with Crippen LogP contribution in [0.1, 0.15) is 30.8 Å². The lowest BCUT2D eigenvalue weighted by Gasteiger charge is -2.16. The summed E-state index contributed by atoms with van der Waals surface area (Å²) >= 11 is 0. The number of nitrogens with one attached hydrogen (secondary N) is 1. The molecule has 0 aromatic carbocycles. The summed E-state index contributed by atoms with van der Waals surface area (Å²) in [6.45, 7) is 4.20. The molecule has 0 amide bonds. The number of allylic oxidation sites excluding steroid dienone is 5. The lowest BCUT2D eigenvalue weighted by Crippen LogP contribution is -2.13. The molecule has 2 rings (SSSR count). The van der Waals surface area contributed by atoms with E-state index in [-0.39, 0.29) is 24.0 Å². The minimum Gasteiger partial charge on any atom is -0.466 e. The van der Waals surface area contributed by atoms with E-state index < -0.39 is 5.97 Å². The number of rotatable bonds is 7. The van der Waals surface area contributed by atoms with Gasteiger partial charge in [-0.05, 0) is 31.6 Å². The van der Waals surface area contributed by atoms with E-state index >= 15 is 0 Å². The first kappa shape index (κ1) is 18.4. The molecule has 6 heteroatoms. The number of hydrogen-bond donors (Lipinski definition) is 1. The average Bonchev–Trinajstić information content (AvgIpc) is 2.61. The summed E-state index contributed by atoms with van der Waals surface area (Å²) in [5.74, 6) is -0.235. The van der Waals surface area contributed by atoms with Crippen LogP contribution in [0.2, 0.25) is 0 Å². The van der Waals surface area contributed by atoms with Crippen molar-refractivity contribution in [2.24, 2.45) is 5.92 Å². The zero-order valence-electron chi connectivity index (χ0n) is 14.4. The maximum Gasteiger partial charge on any atom is 0.356 e. The minimum absolute atomic E-state index is 0.0650. The first-order chi connectivity index (χ1) is 12.1. The van der Waals surface area contributed by atoms with Crippen molar-refractivity contribution < 1.29 is 19.1 Å². The van der Waals surface area contributed by atoms with Gasteiger partial charge in [-0.3, -0.25) is 4.79 Å². The Bertz CT molecular complexity index is 707. The van der Waals surface area contributed by atoms with Crippen LogP contribution in [0.25, 0.3) is 0 Å². The summed E-state index contributed by atoms with van der Waals surface area (Å²) in [5.41, 5.74) is 1.17. The number of ether oxygens (including phenoxy) is 2. The van der Waals surface area contributed by atoms with Gasteiger partial charge in [0, 0.05) is 12.1 Å². The number of anilines is 1. The van der Waals surface area contributed by atoms with Crippen molar-refractivity contribution >= 4 is 17.8 Å². The van der Waals surface area contributed by atoms with Crippen LogP contribution >= 0.6 is 0 Å². The number of pyridine rings is 1. The van der Waals surface area contributed by atoms with Crippen molar-refractivity contribution in [3.63, 3.8) is 0 Å². The molecular formula is C19H22N2O4. The third-order valence-electron chi connectivity index (χ3n) is 3.48. The molecule has 0 radical (unpaired) electrons. The summed E-state index contributed by atoms with van der Waals surface area (Å²) in [6.07, 6.45) is 9.73. The van der Waals surface area contributed by atoms with Crippen LogP contribution in [-0.4, -0.2) is 30.1 Å². The molecule has 0 bridgehead atoms. The highest BCUT2D eigenvalue weighted by atomic mass is 16.5. The maximum absolute atomic E-state index is 11.7. The number of esters is 2. The summed E-state index contributed by atoms with van der Waals surface area (Å²) in [6, 6.07) is 5.08. The number of aromatic nitrogens is 1. The third kappa shape index (κ3) is 5.60. The van der Waals surface area contributed by atoms with Crippen molar-refractivity contribution in [1.29, 1.82) is 0 Å². The van der Waals surface area contributed by atoms with Gasteiger partial charge < -0.3 is 14.8 Å². The first-order valence-corrected chi connectivity index (χ1v) is 8.25. The van der Waals surface area contributed by atoms with Gasteiger partial charge in [0.05, 0.1) is 19.6 Å². The molecule has 1 aromatic rings. The second kappa shape index (κ2) is 9.42. The van der Waals surface area contributed by atoms with Crippen LogP contribution in [0.15, 0.2) is 54.3 Å². The Morgan fingerprint density at radius 2 is 2.00 bits per heavy atom. The maximum atomic E-state index is 11.7. The fourth-order valence-electron chi connectivity index (χ4n) is 2.33. The van der Waals surface area contributed by atoms with Gasteiger partial charge in [-0.1, -0.05) is 30.4 Å². The molecule has 25 heavy (non-hydrogen) atoms. The number of carbonyl (C=O) groups excluding carboxylic acids is 2. The molecule has 0 fully saturated rings. The molecular weight excluding hydrogens is 320 g/mol. The molecule has 132 valence electrons. The Morgan fingerprint density at radius 1 is 1.20 bits per heavy atom. The minimum atomic E-state index is -0.459. The molecule has 0 spiro atoms. The van der Waals surface area contributed by atoms with Crippen LogP contribution in [0, 0.1) is 5.92 Å². The fraction of sp³-hybridized carbons (Fsp3) is 0.316. The van der Waals surface area contributed by atoms with E-state index in [1.54, 1.807) is 38.2 Å². The van der Waals surface area contributed by atoms with Gasteiger partial charge in [-0.15, -0.1) is 0 Å². The molecule has 0 saturated carbocycles. The lowest BCUT2D eigenvalue weighted by atomic mass is 9.92. The number of hydrogen-bond acceptors (Lipinski definition) is 6. The Morgan fingerprint density at radius 3 is 2.76 bits per heavy atom. The van der Waals surface area contributed by atoms with Crippen molar-refractivity contribution in [2.75, 3.05) is 18.5 Å². The number of nitrogens with zero attached hydrogens (tertiary/aromatic N) is 1. The molecule has 1 N–H and O–H groups in total. The zero-order chi connectivity index (χ0) is 18.1. The standard InChI is InChI=1S/C19H22N2O4/c1-3-24-18(22)12-14-8-5-6-9-15(14)13-20-17-11-7-10-16(21-17)19(23)25-4-2/h5-11,13-14H,3-4,12H2,1-2H3,(H,20,21). The molecule has 0 aliphatic heterocycles. The van der Waals surface area contributed by atoms with Crippen molar-refractivity contribution in [3.8, 4) is 0 Å². The van der Waals surface area contributed by atoms with E-state index in [2.05, 4.69) is 10.3 Å². The topological polar surface area (TPSA) is 77.5 Å². The van der Waals surface area contributed by atoms with Crippen LogP contribution in [0.3, 0.4) is 0 Å². The van der Waals surface area contributed by atoms with Gasteiger partial charge in [-0.25, -0.2) is 9.78 Å². The first-order valence-electron chi connectivity index (χ1n) is 8.25. The monoisotopic (exact) mass is 342 g/mol. The predicted octanol–water partition coefficient (Wildman–Crippen LogP) is 3.25. The molecule has 1 aromatic heterocycles. The fourth-order valence-corrected chi connectivity index (χ4v) is 2.33. The summed E-state index contributed by atoms with van der Waals surface area (Å²) in [5, 5.41) is 3.07. The zero-order valence-corrected chi connectivity index (χ0v) is 14.4. The van der Waals surface area contributed by atoms with Crippen LogP contribution in [0.4, 0.5) is 5.82 Å². The van der Waals surface area contributed by atoms with E-state index in [0.29, 0.717) is 19.0 Å². The molecule has 0 saturated heterocycles. The largest absolute Gasteiger partial charge is 0.466 e. The van der Waals surface area contributed by atoms with Gasteiger partial charge in [-0.2, -0.15) is 0 Å². The van der Waals surface area contributed by atoms with Crippen molar-refractivity contribution in [2.45, 2.75) is 20.3 Å². The molecule has 1 unspecified atom stereocenters. The summed E-state index contributed by atoms with van der Waals surface area (Å²) in [7, 11) is 0. The average molecular weight is 342 g/mol. The van der Waals surface area contributed by atoms with Gasteiger partial charge in [0.25, 0.3) is 0 Å². The third-order valence-corrected chi connectivity index (χ3v) is 3.48. The van der Waals surface area contributed by atoms with Crippen molar-refractivity contribution in [3.05, 3.63) is 60.0 Å². The van der Waals surface area contributed by atoms with E-state index in [1.165, 1.54) is 0 Å². The van der Waals surface area contributed by atoms with Gasteiger partial charge >= 0.3 is 11.9 Å². The van der Waals surface area contributed by atoms with Gasteiger partial charge in [0.2, 0.25) is 0 Å². The van der Waals surface area contributed by atoms with Crippen LogP contribution in [0.5, 0.6) is 0 Å². The van der Waals surface area contributed by atoms with Crippen LogP contribution in [-0.2, 0) is 14.3 Å². The molecule has 1 heterocycles. The molecule has 1 aliphatic carbocycles. The predicted molar refractivity (Wildman–Crippen MR) is 94.9 cm³/mol. The Balaban J connectivity index is 2.07. The normalized spacial score (nSPS) is 17.4. The number of carbonyl (C=O) groups is 2.